The van der Waals surface area contributed by atoms with Gasteiger partial charge in [0.25, 0.3) is 0 Å². The van der Waals surface area contributed by atoms with E-state index in [1.807, 2.05) is 0 Å². The maximum absolute atomic E-state index is 12.7. The van der Waals surface area contributed by atoms with Gasteiger partial charge >= 0.3 is 12.1 Å². The standard InChI is InChI=1S/C14H16F3NO3/c1-3-21-13(20)7-8-18(10(2)19)12-6-4-5-11(9-12)14(15,16)17/h4-6,9H,3,7-8H2,1-2H3. The third-order valence-corrected chi connectivity index (χ3v) is 2.71. The molecule has 0 aliphatic carbocycles. The summed E-state index contributed by atoms with van der Waals surface area (Å²) < 4.78 is 42.7. The topological polar surface area (TPSA) is 46.6 Å². The molecule has 0 spiro atoms. The molecule has 1 aromatic rings. The number of amides is 1. The van der Waals surface area contributed by atoms with Gasteiger partial charge in [-0.3, -0.25) is 9.59 Å². The van der Waals surface area contributed by atoms with Gasteiger partial charge in [0.1, 0.15) is 0 Å². The van der Waals surface area contributed by atoms with E-state index >= 15 is 0 Å². The molecule has 0 heterocycles. The molecule has 0 saturated carbocycles. The van der Waals surface area contributed by atoms with E-state index in [0.717, 1.165) is 17.0 Å². The average molecular weight is 303 g/mol. The summed E-state index contributed by atoms with van der Waals surface area (Å²) in [6.45, 7) is 3.05. The number of benzene rings is 1. The number of nitrogens with zero attached hydrogens (tertiary/aromatic N) is 1. The van der Waals surface area contributed by atoms with Crippen LogP contribution in [0.2, 0.25) is 0 Å². The van der Waals surface area contributed by atoms with Gasteiger partial charge in [-0.15, -0.1) is 0 Å². The Balaban J connectivity index is 2.91. The van der Waals surface area contributed by atoms with E-state index in [4.69, 9.17) is 4.74 Å². The first-order valence-electron chi connectivity index (χ1n) is 6.36. The number of rotatable bonds is 5. The van der Waals surface area contributed by atoms with Gasteiger partial charge < -0.3 is 9.64 Å². The summed E-state index contributed by atoms with van der Waals surface area (Å²) in [4.78, 5) is 24.0. The van der Waals surface area contributed by atoms with Gasteiger partial charge in [0, 0.05) is 19.2 Å². The van der Waals surface area contributed by atoms with Crippen LogP contribution >= 0.6 is 0 Å². The second-order valence-corrected chi connectivity index (χ2v) is 4.27. The average Bonchev–Trinajstić information content (AvgIpc) is 2.38. The number of halogens is 3. The Bertz CT molecular complexity index is 514. The maximum atomic E-state index is 12.7. The summed E-state index contributed by atoms with van der Waals surface area (Å²) in [5, 5.41) is 0. The van der Waals surface area contributed by atoms with Crippen LogP contribution in [0.3, 0.4) is 0 Å². The fourth-order valence-corrected chi connectivity index (χ4v) is 1.75. The van der Waals surface area contributed by atoms with Crippen LogP contribution in [0.25, 0.3) is 0 Å². The van der Waals surface area contributed by atoms with Gasteiger partial charge in [0.2, 0.25) is 5.91 Å². The minimum atomic E-state index is -4.49. The molecule has 0 N–H and O–H groups in total. The zero-order valence-corrected chi connectivity index (χ0v) is 11.7. The first kappa shape index (κ1) is 17.0. The van der Waals surface area contributed by atoms with E-state index in [2.05, 4.69) is 0 Å². The quantitative estimate of drug-likeness (QED) is 0.786. The van der Waals surface area contributed by atoms with Crippen molar-refractivity contribution in [2.75, 3.05) is 18.1 Å². The summed E-state index contributed by atoms with van der Waals surface area (Å²) in [7, 11) is 0. The van der Waals surface area contributed by atoms with Crippen molar-refractivity contribution < 1.29 is 27.5 Å². The Morgan fingerprint density at radius 2 is 1.95 bits per heavy atom. The Labute approximate surface area is 120 Å². The zero-order chi connectivity index (χ0) is 16.0. The molecule has 0 bridgehead atoms. The predicted octanol–water partition coefficient (Wildman–Crippen LogP) is 3.01. The highest BCUT2D eigenvalue weighted by Gasteiger charge is 2.31. The van der Waals surface area contributed by atoms with Gasteiger partial charge in [-0.05, 0) is 25.1 Å². The molecular weight excluding hydrogens is 287 g/mol. The third-order valence-electron chi connectivity index (χ3n) is 2.71. The number of alkyl halides is 3. The minimum absolute atomic E-state index is 0.0323. The minimum Gasteiger partial charge on any atom is -0.466 e. The molecule has 21 heavy (non-hydrogen) atoms. The molecule has 0 aliphatic heterocycles. The smallest absolute Gasteiger partial charge is 0.416 e. The van der Waals surface area contributed by atoms with Crippen molar-refractivity contribution in [3.63, 3.8) is 0 Å². The largest absolute Gasteiger partial charge is 0.466 e. The van der Waals surface area contributed by atoms with Gasteiger partial charge in [-0.25, -0.2) is 0 Å². The summed E-state index contributed by atoms with van der Waals surface area (Å²) in [6.07, 6.45) is -4.57. The lowest BCUT2D eigenvalue weighted by Gasteiger charge is -2.21. The van der Waals surface area contributed by atoms with E-state index in [0.29, 0.717) is 0 Å². The van der Waals surface area contributed by atoms with Gasteiger partial charge in [-0.2, -0.15) is 13.2 Å². The molecule has 1 aromatic carbocycles. The van der Waals surface area contributed by atoms with E-state index in [1.54, 1.807) is 6.92 Å². The zero-order valence-electron chi connectivity index (χ0n) is 11.7. The molecule has 0 aliphatic rings. The lowest BCUT2D eigenvalue weighted by Crippen LogP contribution is -2.31. The summed E-state index contributed by atoms with van der Waals surface area (Å²) in [6, 6.07) is 4.42. The van der Waals surface area contributed by atoms with Crippen LogP contribution in [-0.2, 0) is 20.5 Å². The molecule has 0 unspecified atom stereocenters. The number of esters is 1. The molecule has 0 radical (unpaired) electrons. The molecule has 0 atom stereocenters. The van der Waals surface area contributed by atoms with Crippen molar-refractivity contribution in [2.45, 2.75) is 26.4 Å². The Morgan fingerprint density at radius 3 is 2.48 bits per heavy atom. The number of anilines is 1. The van der Waals surface area contributed by atoms with Crippen molar-refractivity contribution in [1.29, 1.82) is 0 Å². The number of hydrogen-bond acceptors (Lipinski definition) is 3. The van der Waals surface area contributed by atoms with Crippen LogP contribution in [0, 0.1) is 0 Å². The van der Waals surface area contributed by atoms with E-state index in [1.165, 1.54) is 19.1 Å². The highest BCUT2D eigenvalue weighted by molar-refractivity contribution is 5.92. The SMILES string of the molecule is CCOC(=O)CCN(C(C)=O)c1cccc(C(F)(F)F)c1. The Kier molecular flexibility index (Phi) is 5.75. The summed E-state index contributed by atoms with van der Waals surface area (Å²) >= 11 is 0. The normalized spacial score (nSPS) is 11.1. The van der Waals surface area contributed by atoms with Crippen molar-refractivity contribution in [3.8, 4) is 0 Å². The Morgan fingerprint density at radius 1 is 1.29 bits per heavy atom. The van der Waals surface area contributed by atoms with Crippen LogP contribution in [-0.4, -0.2) is 25.0 Å². The van der Waals surface area contributed by atoms with Gasteiger partial charge in [0.05, 0.1) is 18.6 Å². The maximum Gasteiger partial charge on any atom is 0.416 e. The second-order valence-electron chi connectivity index (χ2n) is 4.27. The molecule has 0 aromatic heterocycles. The van der Waals surface area contributed by atoms with Crippen LogP contribution in [0.15, 0.2) is 24.3 Å². The van der Waals surface area contributed by atoms with Gasteiger partial charge in [0.15, 0.2) is 0 Å². The summed E-state index contributed by atoms with van der Waals surface area (Å²) in [5.74, 6) is -0.950. The molecular formula is C14H16F3NO3. The lowest BCUT2D eigenvalue weighted by molar-refractivity contribution is -0.143. The van der Waals surface area contributed by atoms with Crippen molar-refractivity contribution >= 4 is 17.6 Å². The molecule has 0 saturated heterocycles. The number of hydrogen-bond donors (Lipinski definition) is 0. The van der Waals surface area contributed by atoms with E-state index in [-0.39, 0.29) is 25.3 Å². The lowest BCUT2D eigenvalue weighted by atomic mass is 10.1. The Hall–Kier alpha value is -2.05. The number of carbonyl (C=O) groups is 2. The first-order valence-corrected chi connectivity index (χ1v) is 6.36. The molecule has 1 rings (SSSR count). The third kappa shape index (κ3) is 5.09. The molecule has 0 fully saturated rings. The highest BCUT2D eigenvalue weighted by atomic mass is 19.4. The summed E-state index contributed by atoms with van der Waals surface area (Å²) in [5.41, 5.74) is -0.746. The van der Waals surface area contributed by atoms with E-state index < -0.39 is 23.6 Å². The van der Waals surface area contributed by atoms with Crippen LogP contribution in [0.5, 0.6) is 0 Å². The predicted molar refractivity (Wildman–Crippen MR) is 70.7 cm³/mol. The molecule has 1 amide bonds. The van der Waals surface area contributed by atoms with Crippen LogP contribution in [0.1, 0.15) is 25.8 Å². The van der Waals surface area contributed by atoms with Crippen LogP contribution < -0.4 is 4.90 Å². The van der Waals surface area contributed by atoms with Crippen molar-refractivity contribution in [2.24, 2.45) is 0 Å². The fourth-order valence-electron chi connectivity index (χ4n) is 1.75. The van der Waals surface area contributed by atoms with Crippen LogP contribution in [0.4, 0.5) is 18.9 Å². The molecule has 7 heteroatoms. The first-order chi connectivity index (χ1) is 9.75. The highest BCUT2D eigenvalue weighted by Crippen LogP contribution is 2.31. The van der Waals surface area contributed by atoms with Gasteiger partial charge in [-0.1, -0.05) is 6.07 Å². The fraction of sp³-hybridized carbons (Fsp3) is 0.429. The number of ether oxygens (including phenoxy) is 1. The van der Waals surface area contributed by atoms with E-state index in [9.17, 15) is 22.8 Å². The second kappa shape index (κ2) is 7.10. The number of carbonyl (C=O) groups excluding carboxylic acids is 2. The van der Waals surface area contributed by atoms with Crippen molar-refractivity contribution in [1.82, 2.24) is 0 Å². The monoisotopic (exact) mass is 303 g/mol. The molecule has 116 valence electrons. The van der Waals surface area contributed by atoms with Crippen molar-refractivity contribution in [3.05, 3.63) is 29.8 Å². The molecule has 4 nitrogen and oxygen atoms in total.